The topological polar surface area (TPSA) is 62.1 Å². The van der Waals surface area contributed by atoms with Gasteiger partial charge in [-0.3, -0.25) is 4.79 Å². The number of amides is 1. The molecule has 0 spiro atoms. The number of alkyl halides is 3. The van der Waals surface area contributed by atoms with Gasteiger partial charge in [-0.1, -0.05) is 35.3 Å². The first-order valence-electron chi connectivity index (χ1n) is 8.50. The average molecular weight is 465 g/mol. The lowest BCUT2D eigenvalue weighted by molar-refractivity contribution is -0.303. The average Bonchev–Trinajstić information content (AvgIpc) is 3.02. The van der Waals surface area contributed by atoms with Crippen molar-refractivity contribution >= 4 is 34.8 Å². The molecule has 0 saturated heterocycles. The summed E-state index contributed by atoms with van der Waals surface area (Å²) in [5.41, 5.74) is -3.70. The van der Waals surface area contributed by atoms with Crippen molar-refractivity contribution in [3.8, 4) is 5.75 Å². The molecule has 0 aliphatic carbocycles. The maximum absolute atomic E-state index is 13.7. The SMILES string of the molecule is C[C@H](Oc1ccc(Cl)cc1Cl)C(=O)N1N=C(c2ccc(F)cc2)C[C@@]1(O)C(F)(F)F. The number of rotatable bonds is 4. The van der Waals surface area contributed by atoms with Crippen LogP contribution in [-0.4, -0.2) is 39.7 Å². The second-order valence-electron chi connectivity index (χ2n) is 6.53. The van der Waals surface area contributed by atoms with E-state index in [1.165, 1.54) is 37.3 Å². The Morgan fingerprint density at radius 3 is 2.43 bits per heavy atom. The molecule has 0 unspecified atom stereocenters. The number of hydrogen-bond acceptors (Lipinski definition) is 4. The van der Waals surface area contributed by atoms with Crippen molar-refractivity contribution in [1.82, 2.24) is 5.01 Å². The van der Waals surface area contributed by atoms with E-state index in [4.69, 9.17) is 27.9 Å². The number of hydrogen-bond donors (Lipinski definition) is 1. The minimum absolute atomic E-state index is 0.0133. The van der Waals surface area contributed by atoms with Gasteiger partial charge in [0, 0.05) is 5.02 Å². The molecule has 1 aliphatic rings. The summed E-state index contributed by atoms with van der Waals surface area (Å²) in [5, 5.41) is 14.3. The first-order chi connectivity index (χ1) is 13.9. The molecular formula is C19H14Cl2F4N2O3. The molecule has 1 aliphatic heterocycles. The molecule has 0 fully saturated rings. The Hall–Kier alpha value is -2.36. The summed E-state index contributed by atoms with van der Waals surface area (Å²) in [6.07, 6.45) is -7.72. The summed E-state index contributed by atoms with van der Waals surface area (Å²) in [7, 11) is 0. The summed E-state index contributed by atoms with van der Waals surface area (Å²) in [6, 6.07) is 8.57. The van der Waals surface area contributed by atoms with Gasteiger partial charge in [0.2, 0.25) is 0 Å². The van der Waals surface area contributed by atoms with Crippen LogP contribution in [0.2, 0.25) is 10.0 Å². The number of ether oxygens (including phenoxy) is 1. The maximum Gasteiger partial charge on any atom is 0.438 e. The molecule has 1 heterocycles. The van der Waals surface area contributed by atoms with Crippen molar-refractivity contribution < 1.29 is 32.2 Å². The fraction of sp³-hybridized carbons (Fsp3) is 0.263. The van der Waals surface area contributed by atoms with Gasteiger partial charge in [0.05, 0.1) is 17.2 Å². The lowest BCUT2D eigenvalue weighted by Crippen LogP contribution is -2.58. The second kappa shape index (κ2) is 8.05. The van der Waals surface area contributed by atoms with Gasteiger partial charge < -0.3 is 9.84 Å². The van der Waals surface area contributed by atoms with E-state index >= 15 is 0 Å². The smallest absolute Gasteiger partial charge is 0.438 e. The summed E-state index contributed by atoms with van der Waals surface area (Å²) in [4.78, 5) is 12.7. The fourth-order valence-corrected chi connectivity index (χ4v) is 3.24. The van der Waals surface area contributed by atoms with Crippen LogP contribution in [-0.2, 0) is 4.79 Å². The number of aliphatic hydroxyl groups is 1. The van der Waals surface area contributed by atoms with E-state index in [2.05, 4.69) is 5.10 Å². The van der Waals surface area contributed by atoms with Gasteiger partial charge >= 0.3 is 6.18 Å². The van der Waals surface area contributed by atoms with Crippen molar-refractivity contribution in [3.05, 3.63) is 63.9 Å². The van der Waals surface area contributed by atoms with Gasteiger partial charge in [0.15, 0.2) is 6.10 Å². The predicted octanol–water partition coefficient (Wildman–Crippen LogP) is 4.79. The molecule has 1 amide bonds. The van der Waals surface area contributed by atoms with Crippen LogP contribution in [0, 0.1) is 5.82 Å². The Kier molecular flexibility index (Phi) is 5.99. The van der Waals surface area contributed by atoms with E-state index in [1.807, 2.05) is 0 Å². The van der Waals surface area contributed by atoms with E-state index in [0.29, 0.717) is 5.02 Å². The van der Waals surface area contributed by atoms with Gasteiger partial charge in [0.1, 0.15) is 11.6 Å². The molecular weight excluding hydrogens is 451 g/mol. The first kappa shape index (κ1) is 22.3. The van der Waals surface area contributed by atoms with Crippen LogP contribution in [0.15, 0.2) is 47.6 Å². The molecule has 0 radical (unpaired) electrons. The van der Waals surface area contributed by atoms with Crippen molar-refractivity contribution in [1.29, 1.82) is 0 Å². The second-order valence-corrected chi connectivity index (χ2v) is 7.37. The zero-order chi connectivity index (χ0) is 22.3. The van der Waals surface area contributed by atoms with Crippen molar-refractivity contribution in [3.63, 3.8) is 0 Å². The van der Waals surface area contributed by atoms with Gasteiger partial charge in [-0.15, -0.1) is 0 Å². The van der Waals surface area contributed by atoms with E-state index in [0.717, 1.165) is 12.1 Å². The Labute approximate surface area is 178 Å². The van der Waals surface area contributed by atoms with Gasteiger partial charge in [-0.05, 0) is 42.8 Å². The highest BCUT2D eigenvalue weighted by Crippen LogP contribution is 2.42. The zero-order valence-electron chi connectivity index (χ0n) is 15.3. The largest absolute Gasteiger partial charge is 0.479 e. The van der Waals surface area contributed by atoms with Gasteiger partial charge in [0.25, 0.3) is 11.6 Å². The van der Waals surface area contributed by atoms with E-state index < -0.39 is 36.2 Å². The summed E-state index contributed by atoms with van der Waals surface area (Å²) in [5.74, 6) is -1.84. The van der Waals surface area contributed by atoms with Crippen LogP contribution in [0.1, 0.15) is 18.9 Å². The molecule has 2 aromatic carbocycles. The predicted molar refractivity (Wildman–Crippen MR) is 102 cm³/mol. The summed E-state index contributed by atoms with van der Waals surface area (Å²) in [6.45, 7) is 1.19. The summed E-state index contributed by atoms with van der Waals surface area (Å²) < 4.78 is 59.4. The van der Waals surface area contributed by atoms with Gasteiger partial charge in [-0.2, -0.15) is 23.3 Å². The molecule has 0 bridgehead atoms. The minimum atomic E-state index is -5.22. The molecule has 1 N–H and O–H groups in total. The number of carbonyl (C=O) groups excluding carboxylic acids is 1. The van der Waals surface area contributed by atoms with Crippen LogP contribution < -0.4 is 4.74 Å². The van der Waals surface area contributed by atoms with E-state index in [9.17, 15) is 27.5 Å². The van der Waals surface area contributed by atoms with Crippen molar-refractivity contribution in [2.45, 2.75) is 31.3 Å². The quantitative estimate of drug-likeness (QED) is 0.661. The van der Waals surface area contributed by atoms with E-state index in [-0.39, 0.29) is 27.1 Å². The Morgan fingerprint density at radius 1 is 1.23 bits per heavy atom. The summed E-state index contributed by atoms with van der Waals surface area (Å²) >= 11 is 11.7. The fourth-order valence-electron chi connectivity index (χ4n) is 2.78. The van der Waals surface area contributed by atoms with E-state index in [1.54, 1.807) is 0 Å². The normalized spacial score (nSPS) is 20.1. The third-order valence-electron chi connectivity index (χ3n) is 4.37. The molecule has 2 aromatic rings. The minimum Gasteiger partial charge on any atom is -0.479 e. The van der Waals surface area contributed by atoms with Crippen LogP contribution >= 0.6 is 23.2 Å². The highest BCUT2D eigenvalue weighted by molar-refractivity contribution is 6.35. The van der Waals surface area contributed by atoms with Gasteiger partial charge in [-0.25, -0.2) is 4.39 Å². The molecule has 5 nitrogen and oxygen atoms in total. The highest BCUT2D eigenvalue weighted by Gasteiger charge is 2.63. The third-order valence-corrected chi connectivity index (χ3v) is 4.90. The van der Waals surface area contributed by atoms with Crippen LogP contribution in [0.3, 0.4) is 0 Å². The molecule has 160 valence electrons. The molecule has 11 heteroatoms. The van der Waals surface area contributed by atoms with Crippen LogP contribution in [0.4, 0.5) is 17.6 Å². The number of benzene rings is 2. The Morgan fingerprint density at radius 2 is 1.87 bits per heavy atom. The zero-order valence-corrected chi connectivity index (χ0v) is 16.8. The molecule has 2 atom stereocenters. The third kappa shape index (κ3) is 4.23. The number of hydrazone groups is 1. The monoisotopic (exact) mass is 464 g/mol. The standard InChI is InChI=1S/C19H14Cl2F4N2O3/c1-10(30-16-7-4-12(20)8-14(16)21)17(28)27-18(29,19(23,24)25)9-15(26-27)11-2-5-13(22)6-3-11/h2-8,10,29H,9H2,1H3/t10-,18+/m0/s1. The van der Waals surface area contributed by atoms with Crippen LogP contribution in [0.5, 0.6) is 5.75 Å². The lowest BCUT2D eigenvalue weighted by atomic mass is 10.0. The van der Waals surface area contributed by atoms with Crippen molar-refractivity contribution in [2.75, 3.05) is 0 Å². The molecule has 30 heavy (non-hydrogen) atoms. The first-order valence-corrected chi connectivity index (χ1v) is 9.26. The Bertz CT molecular complexity index is 998. The molecule has 3 rings (SSSR count). The van der Waals surface area contributed by atoms with Crippen molar-refractivity contribution in [2.24, 2.45) is 5.10 Å². The maximum atomic E-state index is 13.7. The lowest BCUT2D eigenvalue weighted by Gasteiger charge is -2.33. The van der Waals surface area contributed by atoms with Crippen LogP contribution in [0.25, 0.3) is 0 Å². The number of nitrogens with zero attached hydrogens (tertiary/aromatic N) is 2. The Balaban J connectivity index is 1.92. The highest BCUT2D eigenvalue weighted by atomic mass is 35.5. The number of carbonyl (C=O) groups is 1. The molecule has 0 aromatic heterocycles. The molecule has 0 saturated carbocycles. The number of halogens is 6.